The minimum atomic E-state index is -0.314. The molecule has 0 bridgehead atoms. The predicted molar refractivity (Wildman–Crippen MR) is 71.1 cm³/mol. The molecule has 0 unspecified atom stereocenters. The van der Waals surface area contributed by atoms with Gasteiger partial charge in [0.05, 0.1) is 16.7 Å². The van der Waals surface area contributed by atoms with Crippen molar-refractivity contribution in [2.24, 2.45) is 0 Å². The zero-order chi connectivity index (χ0) is 12.8. The molecular formula is C12H13Cl3O2. The summed E-state index contributed by atoms with van der Waals surface area (Å²) < 4.78 is 11.4. The van der Waals surface area contributed by atoms with Crippen LogP contribution in [0.15, 0.2) is 0 Å². The Labute approximate surface area is 116 Å². The minimum absolute atomic E-state index is 0.314. The van der Waals surface area contributed by atoms with Crippen molar-refractivity contribution in [3.8, 4) is 11.5 Å². The lowest BCUT2D eigenvalue weighted by Crippen LogP contribution is -2.24. The van der Waals surface area contributed by atoms with Crippen molar-refractivity contribution in [1.29, 1.82) is 0 Å². The van der Waals surface area contributed by atoms with E-state index in [1.165, 1.54) is 0 Å². The first kappa shape index (κ1) is 13.1. The van der Waals surface area contributed by atoms with Crippen molar-refractivity contribution in [3.05, 3.63) is 20.6 Å². The van der Waals surface area contributed by atoms with E-state index in [0.717, 1.165) is 5.56 Å². The molecule has 0 N–H and O–H groups in total. The summed E-state index contributed by atoms with van der Waals surface area (Å²) in [6.45, 7) is 6.35. The average Bonchev–Trinajstić information content (AvgIpc) is 2.57. The quantitative estimate of drug-likeness (QED) is 0.732. The van der Waals surface area contributed by atoms with Gasteiger partial charge >= 0.3 is 0 Å². The van der Waals surface area contributed by atoms with Crippen LogP contribution in [0.1, 0.15) is 26.3 Å². The first-order valence-electron chi connectivity index (χ1n) is 5.38. The third-order valence-corrected chi connectivity index (χ3v) is 3.95. The van der Waals surface area contributed by atoms with Crippen LogP contribution >= 0.6 is 34.8 Å². The fourth-order valence-corrected chi connectivity index (χ4v) is 2.67. The molecule has 0 aliphatic carbocycles. The normalized spacial score (nSPS) is 16.6. The van der Waals surface area contributed by atoms with Crippen molar-refractivity contribution in [1.82, 2.24) is 0 Å². The van der Waals surface area contributed by atoms with Gasteiger partial charge in [-0.1, -0.05) is 34.8 Å². The largest absolute Gasteiger partial charge is 0.488 e. The number of halogens is 3. The van der Waals surface area contributed by atoms with Crippen molar-refractivity contribution in [3.63, 3.8) is 0 Å². The van der Waals surface area contributed by atoms with E-state index in [0.29, 0.717) is 39.6 Å². The Kier molecular flexibility index (Phi) is 3.41. The van der Waals surface area contributed by atoms with Gasteiger partial charge in [-0.15, -0.1) is 0 Å². The maximum Gasteiger partial charge on any atom is 0.181 e. The van der Waals surface area contributed by atoms with Crippen molar-refractivity contribution < 1.29 is 9.47 Å². The topological polar surface area (TPSA) is 18.5 Å². The molecule has 1 aromatic rings. The molecule has 94 valence electrons. The van der Waals surface area contributed by atoms with Crippen LogP contribution < -0.4 is 9.47 Å². The molecule has 1 aliphatic rings. The number of hydrogen-bond donors (Lipinski definition) is 0. The summed E-state index contributed by atoms with van der Waals surface area (Å²) >= 11 is 18.4. The molecule has 1 aliphatic heterocycles. The summed E-state index contributed by atoms with van der Waals surface area (Å²) in [7, 11) is 0. The summed E-state index contributed by atoms with van der Waals surface area (Å²) in [5.41, 5.74) is 0.556. The Hall–Kier alpha value is -0.310. The van der Waals surface area contributed by atoms with Gasteiger partial charge in [0, 0.05) is 12.0 Å². The van der Waals surface area contributed by atoms with Crippen LogP contribution in [0, 0.1) is 0 Å². The first-order valence-corrected chi connectivity index (χ1v) is 6.52. The van der Waals surface area contributed by atoms with Gasteiger partial charge < -0.3 is 9.47 Å². The maximum absolute atomic E-state index is 6.19. The van der Waals surface area contributed by atoms with Crippen LogP contribution in [0.25, 0.3) is 0 Å². The van der Waals surface area contributed by atoms with Gasteiger partial charge in [-0.3, -0.25) is 0 Å². The lowest BCUT2D eigenvalue weighted by molar-refractivity contribution is 0.132. The third kappa shape index (κ3) is 2.18. The van der Waals surface area contributed by atoms with Gasteiger partial charge in [0.25, 0.3) is 0 Å². The van der Waals surface area contributed by atoms with Crippen LogP contribution in [-0.2, 0) is 6.42 Å². The SMILES string of the molecule is CCOc1c(Cl)c(Cl)c(Cl)c2c1OC(C)(C)C2. The van der Waals surface area contributed by atoms with Gasteiger partial charge in [-0.2, -0.15) is 0 Å². The van der Waals surface area contributed by atoms with E-state index >= 15 is 0 Å². The minimum Gasteiger partial charge on any atom is -0.488 e. The highest BCUT2D eigenvalue weighted by atomic mass is 35.5. The summed E-state index contributed by atoms with van der Waals surface area (Å²) in [6, 6.07) is 0. The molecule has 2 rings (SSSR count). The Balaban J connectivity index is 2.64. The highest BCUT2D eigenvalue weighted by Crippen LogP contribution is 2.52. The standard InChI is InChI=1S/C12H13Cl3O2/c1-4-16-11-9(15)8(14)7(13)6-5-12(2,3)17-10(6)11/h4-5H2,1-3H3. The van der Waals surface area contributed by atoms with Crippen LogP contribution in [0.4, 0.5) is 0 Å². The Bertz CT molecular complexity index is 470. The molecule has 2 nitrogen and oxygen atoms in total. The van der Waals surface area contributed by atoms with Gasteiger partial charge in [-0.25, -0.2) is 0 Å². The first-order chi connectivity index (χ1) is 7.87. The van der Waals surface area contributed by atoms with Crippen LogP contribution in [-0.4, -0.2) is 12.2 Å². The van der Waals surface area contributed by atoms with Crippen molar-refractivity contribution in [2.45, 2.75) is 32.8 Å². The molecular weight excluding hydrogens is 282 g/mol. The third-order valence-electron chi connectivity index (χ3n) is 2.60. The number of hydrogen-bond acceptors (Lipinski definition) is 2. The van der Waals surface area contributed by atoms with E-state index in [2.05, 4.69) is 0 Å². The predicted octanol–water partition coefficient (Wildman–Crippen LogP) is 4.76. The molecule has 0 saturated heterocycles. The lowest BCUT2D eigenvalue weighted by atomic mass is 10.0. The van der Waals surface area contributed by atoms with E-state index in [9.17, 15) is 0 Å². The second-order valence-corrected chi connectivity index (χ2v) is 5.68. The molecule has 0 saturated carbocycles. The van der Waals surface area contributed by atoms with Gasteiger partial charge in [0.2, 0.25) is 0 Å². The Morgan fingerprint density at radius 1 is 1.18 bits per heavy atom. The molecule has 1 heterocycles. The van der Waals surface area contributed by atoms with Gasteiger partial charge in [-0.05, 0) is 20.8 Å². The van der Waals surface area contributed by atoms with Crippen LogP contribution in [0.3, 0.4) is 0 Å². The summed E-state index contributed by atoms with van der Waals surface area (Å²) in [4.78, 5) is 0. The molecule has 0 atom stereocenters. The van der Waals surface area contributed by atoms with Crippen LogP contribution in [0.2, 0.25) is 15.1 Å². The summed E-state index contributed by atoms with van der Waals surface area (Å²) in [5.74, 6) is 1.11. The molecule has 0 aromatic heterocycles. The zero-order valence-electron chi connectivity index (χ0n) is 9.86. The van der Waals surface area contributed by atoms with Crippen molar-refractivity contribution in [2.75, 3.05) is 6.61 Å². The molecule has 0 fully saturated rings. The van der Waals surface area contributed by atoms with E-state index in [-0.39, 0.29) is 5.60 Å². The summed E-state index contributed by atoms with van der Waals surface area (Å²) in [5, 5.41) is 1.10. The highest BCUT2D eigenvalue weighted by Gasteiger charge is 2.37. The number of benzene rings is 1. The molecule has 1 aromatic carbocycles. The number of fused-ring (bicyclic) bond motifs is 1. The Morgan fingerprint density at radius 3 is 2.41 bits per heavy atom. The fourth-order valence-electron chi connectivity index (χ4n) is 1.94. The molecule has 17 heavy (non-hydrogen) atoms. The van der Waals surface area contributed by atoms with E-state index in [1.807, 2.05) is 20.8 Å². The summed E-state index contributed by atoms with van der Waals surface area (Å²) in [6.07, 6.45) is 0.693. The average molecular weight is 296 g/mol. The van der Waals surface area contributed by atoms with E-state index < -0.39 is 0 Å². The monoisotopic (exact) mass is 294 g/mol. The van der Waals surface area contributed by atoms with Gasteiger partial charge in [0.1, 0.15) is 10.6 Å². The lowest BCUT2D eigenvalue weighted by Gasteiger charge is -2.18. The van der Waals surface area contributed by atoms with Gasteiger partial charge in [0.15, 0.2) is 11.5 Å². The number of rotatable bonds is 2. The fraction of sp³-hybridized carbons (Fsp3) is 0.500. The molecule has 0 amide bonds. The molecule has 0 radical (unpaired) electrons. The van der Waals surface area contributed by atoms with E-state index in [4.69, 9.17) is 44.3 Å². The second kappa shape index (κ2) is 4.42. The Morgan fingerprint density at radius 2 is 1.82 bits per heavy atom. The highest BCUT2D eigenvalue weighted by molar-refractivity contribution is 6.49. The maximum atomic E-state index is 6.19. The molecule has 5 heteroatoms. The van der Waals surface area contributed by atoms with E-state index in [1.54, 1.807) is 0 Å². The van der Waals surface area contributed by atoms with Crippen LogP contribution in [0.5, 0.6) is 11.5 Å². The van der Waals surface area contributed by atoms with Crippen molar-refractivity contribution >= 4 is 34.8 Å². The zero-order valence-corrected chi connectivity index (χ0v) is 12.1. The smallest absolute Gasteiger partial charge is 0.181 e. The second-order valence-electron chi connectivity index (χ2n) is 4.55. The molecule has 0 spiro atoms. The number of ether oxygens (including phenoxy) is 2.